The molecule has 0 bridgehead atoms. The number of hydrogen-bond donors (Lipinski definition) is 2. The summed E-state index contributed by atoms with van der Waals surface area (Å²) in [5.41, 5.74) is 1.72. The van der Waals surface area contributed by atoms with Gasteiger partial charge in [0.25, 0.3) is 0 Å². The van der Waals surface area contributed by atoms with Gasteiger partial charge < -0.3 is 5.32 Å². The van der Waals surface area contributed by atoms with Crippen LogP contribution in [0.2, 0.25) is 0 Å². The predicted molar refractivity (Wildman–Crippen MR) is 86.4 cm³/mol. The summed E-state index contributed by atoms with van der Waals surface area (Å²) >= 11 is 5.25. The summed E-state index contributed by atoms with van der Waals surface area (Å²) in [6, 6.07) is 7.74. The highest BCUT2D eigenvalue weighted by Crippen LogP contribution is 2.57. The second-order valence-electron chi connectivity index (χ2n) is 6.24. The molecule has 0 saturated heterocycles. The van der Waals surface area contributed by atoms with Gasteiger partial charge >= 0.3 is 0 Å². The third kappa shape index (κ3) is 2.18. The maximum atomic E-state index is 12.4. The first kappa shape index (κ1) is 13.7. The minimum atomic E-state index is 0.166. The van der Waals surface area contributed by atoms with E-state index in [0.29, 0.717) is 16.6 Å². The summed E-state index contributed by atoms with van der Waals surface area (Å²) in [7, 11) is 0. The van der Waals surface area contributed by atoms with Crippen molar-refractivity contribution in [1.29, 1.82) is 0 Å². The largest absolute Gasteiger partial charge is 0.326 e. The molecule has 0 aliphatic heterocycles. The molecule has 0 radical (unpaired) electrons. The van der Waals surface area contributed by atoms with Crippen LogP contribution in [-0.2, 0) is 4.79 Å². The van der Waals surface area contributed by atoms with Gasteiger partial charge in [-0.1, -0.05) is 12.5 Å². The normalized spacial score (nSPS) is 25.8. The molecule has 1 heterocycles. The van der Waals surface area contributed by atoms with Gasteiger partial charge in [0.2, 0.25) is 5.91 Å². The summed E-state index contributed by atoms with van der Waals surface area (Å²) < 4.78 is 2.41. The quantitative estimate of drug-likeness (QED) is 0.855. The number of aromatic nitrogens is 3. The van der Waals surface area contributed by atoms with E-state index in [9.17, 15) is 4.79 Å². The van der Waals surface area contributed by atoms with Crippen molar-refractivity contribution in [1.82, 2.24) is 14.8 Å². The van der Waals surface area contributed by atoms with Crippen molar-refractivity contribution in [3.05, 3.63) is 34.9 Å². The first-order valence-electron chi connectivity index (χ1n) is 7.70. The van der Waals surface area contributed by atoms with E-state index in [-0.39, 0.29) is 11.8 Å². The minimum absolute atomic E-state index is 0.166. The lowest BCUT2D eigenvalue weighted by atomic mass is 10.1. The van der Waals surface area contributed by atoms with Crippen LogP contribution in [0, 0.1) is 29.4 Å². The zero-order valence-corrected chi connectivity index (χ0v) is 13.2. The Morgan fingerprint density at radius 3 is 2.86 bits per heavy atom. The highest BCUT2D eigenvalue weighted by molar-refractivity contribution is 7.71. The van der Waals surface area contributed by atoms with Crippen LogP contribution in [0.4, 0.5) is 5.69 Å². The van der Waals surface area contributed by atoms with Crippen molar-refractivity contribution in [3.63, 3.8) is 0 Å². The Bertz CT molecular complexity index is 783. The van der Waals surface area contributed by atoms with Crippen LogP contribution in [0.1, 0.15) is 25.1 Å². The third-order valence-electron chi connectivity index (χ3n) is 4.92. The molecule has 2 unspecified atom stereocenters. The number of H-pyrrole nitrogens is 1. The van der Waals surface area contributed by atoms with E-state index in [1.54, 1.807) is 0 Å². The summed E-state index contributed by atoms with van der Waals surface area (Å²) in [6.07, 6.45) is 3.71. The van der Waals surface area contributed by atoms with E-state index in [1.165, 1.54) is 19.3 Å². The van der Waals surface area contributed by atoms with E-state index in [0.717, 1.165) is 17.2 Å². The van der Waals surface area contributed by atoms with E-state index in [4.69, 9.17) is 12.2 Å². The summed E-state index contributed by atoms with van der Waals surface area (Å²) in [5, 5.41) is 9.95. The molecule has 6 heteroatoms. The fourth-order valence-corrected chi connectivity index (χ4v) is 4.12. The molecule has 2 aliphatic carbocycles. The topological polar surface area (TPSA) is 62.7 Å². The van der Waals surface area contributed by atoms with E-state index < -0.39 is 0 Å². The van der Waals surface area contributed by atoms with Crippen molar-refractivity contribution < 1.29 is 4.79 Å². The third-order valence-corrected chi connectivity index (χ3v) is 5.20. The van der Waals surface area contributed by atoms with Gasteiger partial charge in [0, 0.05) is 11.6 Å². The van der Waals surface area contributed by atoms with Crippen molar-refractivity contribution in [2.24, 2.45) is 17.8 Å². The fourth-order valence-electron chi connectivity index (χ4n) is 3.84. The molecule has 0 spiro atoms. The first-order valence-corrected chi connectivity index (χ1v) is 8.11. The monoisotopic (exact) mass is 314 g/mol. The standard InChI is InChI=1S/C16H18N4OS/c1-9-18-19-16(22)20(9)11-5-2-4-10(8-11)17-15(21)14-12-6-3-7-13(12)14/h2,4-5,8,12-14H,3,6-7H2,1H3,(H,17,21)(H,19,22). The van der Waals surface area contributed by atoms with Crippen LogP contribution >= 0.6 is 12.2 Å². The number of benzene rings is 1. The molecular weight excluding hydrogens is 296 g/mol. The Balaban J connectivity index is 1.55. The molecule has 5 nitrogen and oxygen atoms in total. The molecule has 2 atom stereocenters. The number of carbonyl (C=O) groups is 1. The molecule has 1 amide bonds. The van der Waals surface area contributed by atoms with Gasteiger partial charge in [-0.15, -0.1) is 0 Å². The summed E-state index contributed by atoms with van der Waals surface area (Å²) in [5.74, 6) is 2.46. The Morgan fingerprint density at radius 1 is 1.41 bits per heavy atom. The van der Waals surface area contributed by atoms with Crippen LogP contribution < -0.4 is 5.32 Å². The summed E-state index contributed by atoms with van der Waals surface area (Å²) in [6.45, 7) is 1.89. The van der Waals surface area contributed by atoms with Gasteiger partial charge in [-0.3, -0.25) is 14.5 Å². The average molecular weight is 314 g/mol. The number of nitrogens with one attached hydrogen (secondary N) is 2. The molecule has 2 saturated carbocycles. The van der Waals surface area contributed by atoms with E-state index in [1.807, 2.05) is 35.8 Å². The minimum Gasteiger partial charge on any atom is -0.326 e. The Morgan fingerprint density at radius 2 is 2.18 bits per heavy atom. The lowest BCUT2D eigenvalue weighted by molar-refractivity contribution is -0.118. The summed E-state index contributed by atoms with van der Waals surface area (Å²) in [4.78, 5) is 12.4. The Kier molecular flexibility index (Phi) is 3.14. The zero-order valence-electron chi connectivity index (χ0n) is 12.4. The van der Waals surface area contributed by atoms with Crippen molar-refractivity contribution in [2.75, 3.05) is 5.32 Å². The molecule has 1 aromatic carbocycles. The number of carbonyl (C=O) groups excluding carboxylic acids is 1. The molecule has 22 heavy (non-hydrogen) atoms. The van der Waals surface area contributed by atoms with Crippen LogP contribution in [0.25, 0.3) is 5.69 Å². The van der Waals surface area contributed by atoms with Crippen molar-refractivity contribution in [3.8, 4) is 5.69 Å². The van der Waals surface area contributed by atoms with E-state index in [2.05, 4.69) is 15.5 Å². The van der Waals surface area contributed by atoms with Gasteiger partial charge in [-0.05, 0) is 62.0 Å². The van der Waals surface area contributed by atoms with Crippen molar-refractivity contribution in [2.45, 2.75) is 26.2 Å². The SMILES string of the molecule is Cc1n[nH]c(=S)n1-c1cccc(NC(=O)C2C3CCCC32)c1. The maximum Gasteiger partial charge on any atom is 0.228 e. The number of anilines is 1. The molecule has 1 aromatic heterocycles. The number of aromatic amines is 1. The van der Waals surface area contributed by atoms with Crippen LogP contribution in [0.5, 0.6) is 0 Å². The van der Waals surface area contributed by atoms with Crippen LogP contribution in [0.15, 0.2) is 24.3 Å². The lowest BCUT2D eigenvalue weighted by Gasteiger charge is -2.09. The molecular formula is C16H18N4OS. The molecule has 2 aliphatic rings. The molecule has 4 rings (SSSR count). The second kappa shape index (κ2) is 5.05. The van der Waals surface area contributed by atoms with Crippen LogP contribution in [0.3, 0.4) is 0 Å². The first-order chi connectivity index (χ1) is 10.6. The number of fused-ring (bicyclic) bond motifs is 1. The highest BCUT2D eigenvalue weighted by Gasteiger charge is 2.56. The van der Waals surface area contributed by atoms with Gasteiger partial charge in [0.15, 0.2) is 4.77 Å². The zero-order chi connectivity index (χ0) is 15.3. The lowest BCUT2D eigenvalue weighted by Crippen LogP contribution is -2.16. The molecule has 2 aromatic rings. The molecule has 114 valence electrons. The fraction of sp³-hybridized carbons (Fsp3) is 0.438. The molecule has 2 N–H and O–H groups in total. The van der Waals surface area contributed by atoms with E-state index >= 15 is 0 Å². The Hall–Kier alpha value is -1.95. The second-order valence-corrected chi connectivity index (χ2v) is 6.62. The number of aryl methyl sites for hydroxylation is 1. The number of amides is 1. The average Bonchev–Trinajstić information content (AvgIpc) is 2.81. The van der Waals surface area contributed by atoms with Crippen LogP contribution in [-0.4, -0.2) is 20.7 Å². The smallest absolute Gasteiger partial charge is 0.228 e. The molecule has 2 fully saturated rings. The van der Waals surface area contributed by atoms with Gasteiger partial charge in [-0.2, -0.15) is 5.10 Å². The van der Waals surface area contributed by atoms with Gasteiger partial charge in [0.05, 0.1) is 5.69 Å². The van der Waals surface area contributed by atoms with Crippen molar-refractivity contribution >= 4 is 23.8 Å². The predicted octanol–water partition coefficient (Wildman–Crippen LogP) is 3.22. The number of hydrogen-bond acceptors (Lipinski definition) is 3. The van der Waals surface area contributed by atoms with Gasteiger partial charge in [0.1, 0.15) is 5.82 Å². The Labute approximate surface area is 133 Å². The maximum absolute atomic E-state index is 12.4. The number of nitrogens with zero attached hydrogens (tertiary/aromatic N) is 2. The number of rotatable bonds is 3. The van der Waals surface area contributed by atoms with Gasteiger partial charge in [-0.25, -0.2) is 0 Å². The highest BCUT2D eigenvalue weighted by atomic mass is 32.1.